The van der Waals surface area contributed by atoms with Crippen molar-refractivity contribution >= 4 is 15.7 Å². The molecule has 0 N–H and O–H groups in total. The molecule has 0 spiro atoms. The van der Waals surface area contributed by atoms with Crippen LogP contribution in [0.25, 0.3) is 0 Å². The number of hydrogen-bond donors (Lipinski definition) is 0. The fourth-order valence-corrected chi connectivity index (χ4v) is 5.27. The van der Waals surface area contributed by atoms with Crippen LogP contribution < -0.4 is 4.74 Å². The van der Waals surface area contributed by atoms with Crippen LogP contribution in [0, 0.1) is 5.92 Å². The van der Waals surface area contributed by atoms with Gasteiger partial charge in [-0.2, -0.15) is 0 Å². The lowest BCUT2D eigenvalue weighted by atomic mass is 9.94. The summed E-state index contributed by atoms with van der Waals surface area (Å²) in [7, 11) is -3.00. The molecule has 6 heteroatoms. The first kappa shape index (κ1) is 17.3. The molecule has 5 nitrogen and oxygen atoms in total. The van der Waals surface area contributed by atoms with E-state index in [4.69, 9.17) is 4.74 Å². The normalized spacial score (nSPS) is 24.9. The number of carbonyl (C=O) groups excluding carboxylic acids is 1. The summed E-state index contributed by atoms with van der Waals surface area (Å²) in [6.07, 6.45) is 3.10. The van der Waals surface area contributed by atoms with Crippen LogP contribution in [0.1, 0.15) is 31.7 Å². The second kappa shape index (κ2) is 7.13. The Kier molecular flexibility index (Phi) is 5.13. The van der Waals surface area contributed by atoms with Gasteiger partial charge in [-0.1, -0.05) is 31.5 Å². The van der Waals surface area contributed by atoms with E-state index in [1.807, 2.05) is 29.2 Å². The van der Waals surface area contributed by atoms with Crippen molar-refractivity contribution in [3.8, 4) is 5.75 Å². The molecular weight excluding hydrogens is 326 g/mol. The standard InChI is InChI=1S/C18H25NO4S/c1-2-3-9-19(16-8-10-24(21,22)13-16)18(20)15-11-14-6-4-5-7-17(14)23-12-15/h4-7,15-16H,2-3,8-13H2,1H3. The minimum Gasteiger partial charge on any atom is -0.492 e. The molecule has 1 aromatic carbocycles. The molecule has 0 bridgehead atoms. The lowest BCUT2D eigenvalue weighted by Gasteiger charge is -2.33. The van der Waals surface area contributed by atoms with E-state index in [9.17, 15) is 13.2 Å². The molecule has 0 saturated carbocycles. The zero-order valence-electron chi connectivity index (χ0n) is 14.1. The first-order valence-corrected chi connectivity index (χ1v) is 10.5. The van der Waals surface area contributed by atoms with Gasteiger partial charge >= 0.3 is 0 Å². The third kappa shape index (κ3) is 3.74. The van der Waals surface area contributed by atoms with Gasteiger partial charge in [0.05, 0.1) is 17.4 Å². The van der Waals surface area contributed by atoms with E-state index in [1.165, 1.54) is 0 Å². The molecular formula is C18H25NO4S. The zero-order valence-corrected chi connectivity index (χ0v) is 14.9. The van der Waals surface area contributed by atoms with Gasteiger partial charge in [-0.3, -0.25) is 4.79 Å². The van der Waals surface area contributed by atoms with E-state index >= 15 is 0 Å². The monoisotopic (exact) mass is 351 g/mol. The summed E-state index contributed by atoms with van der Waals surface area (Å²) in [5, 5.41) is 0. The summed E-state index contributed by atoms with van der Waals surface area (Å²) in [6.45, 7) is 3.08. The highest BCUT2D eigenvalue weighted by atomic mass is 32.2. The molecule has 1 aromatic rings. The predicted molar refractivity (Wildman–Crippen MR) is 92.8 cm³/mol. The smallest absolute Gasteiger partial charge is 0.229 e. The Morgan fingerprint density at radius 3 is 2.83 bits per heavy atom. The van der Waals surface area contributed by atoms with Crippen LogP contribution in [0.5, 0.6) is 5.75 Å². The molecule has 2 aliphatic rings. The molecule has 0 aliphatic carbocycles. The van der Waals surface area contributed by atoms with Gasteiger partial charge in [-0.15, -0.1) is 0 Å². The molecule has 0 radical (unpaired) electrons. The Morgan fingerprint density at radius 1 is 1.33 bits per heavy atom. The zero-order chi connectivity index (χ0) is 17.2. The average Bonchev–Trinajstić information content (AvgIpc) is 2.94. The number of para-hydroxylation sites is 1. The van der Waals surface area contributed by atoms with Gasteiger partial charge in [0, 0.05) is 12.6 Å². The van der Waals surface area contributed by atoms with E-state index in [1.54, 1.807) is 0 Å². The molecule has 1 saturated heterocycles. The van der Waals surface area contributed by atoms with Gasteiger partial charge in [0.25, 0.3) is 0 Å². The van der Waals surface area contributed by atoms with Crippen LogP contribution in [0.15, 0.2) is 24.3 Å². The van der Waals surface area contributed by atoms with E-state index in [0.717, 1.165) is 24.2 Å². The summed E-state index contributed by atoms with van der Waals surface area (Å²) in [5.74, 6) is 0.967. The molecule has 2 aliphatic heterocycles. The van der Waals surface area contributed by atoms with Crippen molar-refractivity contribution < 1.29 is 17.9 Å². The topological polar surface area (TPSA) is 63.7 Å². The second-order valence-electron chi connectivity index (χ2n) is 6.76. The Hall–Kier alpha value is -1.56. The molecule has 1 amide bonds. The molecule has 132 valence electrons. The number of sulfone groups is 1. The van der Waals surface area contributed by atoms with Gasteiger partial charge in [0.2, 0.25) is 5.91 Å². The quantitative estimate of drug-likeness (QED) is 0.814. The molecule has 2 heterocycles. The maximum atomic E-state index is 13.1. The first-order chi connectivity index (χ1) is 11.5. The first-order valence-electron chi connectivity index (χ1n) is 8.72. The third-order valence-corrected chi connectivity index (χ3v) is 6.66. The fourth-order valence-electron chi connectivity index (χ4n) is 3.54. The lowest BCUT2D eigenvalue weighted by Crippen LogP contribution is -2.47. The van der Waals surface area contributed by atoms with Crippen molar-refractivity contribution in [1.82, 2.24) is 4.90 Å². The van der Waals surface area contributed by atoms with Crippen LogP contribution in [-0.2, 0) is 21.1 Å². The van der Waals surface area contributed by atoms with Crippen LogP contribution in [0.2, 0.25) is 0 Å². The Bertz CT molecular complexity index is 701. The number of amides is 1. The van der Waals surface area contributed by atoms with Gasteiger partial charge in [0.15, 0.2) is 9.84 Å². The van der Waals surface area contributed by atoms with E-state index in [2.05, 4.69) is 6.92 Å². The van der Waals surface area contributed by atoms with Gasteiger partial charge in [0.1, 0.15) is 12.4 Å². The third-order valence-electron chi connectivity index (χ3n) is 4.91. The van der Waals surface area contributed by atoms with Crippen molar-refractivity contribution in [1.29, 1.82) is 0 Å². The number of ether oxygens (including phenoxy) is 1. The Morgan fingerprint density at radius 2 is 2.12 bits per heavy atom. The van der Waals surface area contributed by atoms with Crippen LogP contribution in [-0.4, -0.2) is 49.9 Å². The average molecular weight is 351 g/mol. The maximum absolute atomic E-state index is 13.1. The number of fused-ring (bicyclic) bond motifs is 1. The fraction of sp³-hybridized carbons (Fsp3) is 0.611. The van der Waals surface area contributed by atoms with Crippen LogP contribution in [0.4, 0.5) is 0 Å². The second-order valence-corrected chi connectivity index (χ2v) is 8.99. The summed E-state index contributed by atoms with van der Waals surface area (Å²) in [5.41, 5.74) is 1.05. The minimum atomic E-state index is -3.00. The number of benzene rings is 1. The van der Waals surface area contributed by atoms with Crippen molar-refractivity contribution in [2.75, 3.05) is 24.7 Å². The predicted octanol–water partition coefficient (Wildman–Crippen LogP) is 2.05. The highest BCUT2D eigenvalue weighted by Gasteiger charge is 2.37. The van der Waals surface area contributed by atoms with Crippen molar-refractivity contribution in [2.45, 2.75) is 38.6 Å². The molecule has 3 rings (SSSR count). The van der Waals surface area contributed by atoms with Crippen LogP contribution in [0.3, 0.4) is 0 Å². The summed E-state index contributed by atoms with van der Waals surface area (Å²) in [4.78, 5) is 14.9. The van der Waals surface area contributed by atoms with E-state index in [0.29, 0.717) is 26.0 Å². The highest BCUT2D eigenvalue weighted by Crippen LogP contribution is 2.29. The largest absolute Gasteiger partial charge is 0.492 e. The minimum absolute atomic E-state index is 0.0417. The lowest BCUT2D eigenvalue weighted by molar-refractivity contribution is -0.139. The SMILES string of the molecule is CCCCN(C(=O)C1COc2ccccc2C1)C1CCS(=O)(=O)C1. The van der Waals surface area contributed by atoms with Gasteiger partial charge < -0.3 is 9.64 Å². The Balaban J connectivity index is 1.74. The molecule has 2 unspecified atom stereocenters. The van der Waals surface area contributed by atoms with E-state index < -0.39 is 9.84 Å². The van der Waals surface area contributed by atoms with Gasteiger partial charge in [-0.25, -0.2) is 8.42 Å². The van der Waals surface area contributed by atoms with Crippen molar-refractivity contribution in [3.63, 3.8) is 0 Å². The van der Waals surface area contributed by atoms with Gasteiger partial charge in [-0.05, 0) is 30.9 Å². The molecule has 1 fully saturated rings. The molecule has 2 atom stereocenters. The Labute approximate surface area is 143 Å². The molecule has 0 aromatic heterocycles. The van der Waals surface area contributed by atoms with Crippen LogP contribution >= 0.6 is 0 Å². The van der Waals surface area contributed by atoms with Crippen molar-refractivity contribution in [2.24, 2.45) is 5.92 Å². The number of rotatable bonds is 5. The molecule has 24 heavy (non-hydrogen) atoms. The van der Waals surface area contributed by atoms with Crippen molar-refractivity contribution in [3.05, 3.63) is 29.8 Å². The maximum Gasteiger partial charge on any atom is 0.229 e. The highest BCUT2D eigenvalue weighted by molar-refractivity contribution is 7.91. The summed E-state index contributed by atoms with van der Waals surface area (Å²) < 4.78 is 29.4. The number of nitrogens with zero attached hydrogens (tertiary/aromatic N) is 1. The number of carbonyl (C=O) groups is 1. The summed E-state index contributed by atoms with van der Waals surface area (Å²) >= 11 is 0. The number of unbranched alkanes of at least 4 members (excludes halogenated alkanes) is 1. The number of hydrogen-bond acceptors (Lipinski definition) is 4. The van der Waals surface area contributed by atoms with E-state index in [-0.39, 0.29) is 29.4 Å². The summed E-state index contributed by atoms with van der Waals surface area (Å²) in [6, 6.07) is 7.62.